The molecule has 1 unspecified atom stereocenters. The summed E-state index contributed by atoms with van der Waals surface area (Å²) in [5, 5.41) is 10.1. The van der Waals surface area contributed by atoms with E-state index in [-0.39, 0.29) is 12.4 Å². The summed E-state index contributed by atoms with van der Waals surface area (Å²) in [5.74, 6) is 0.169. The standard InChI is InChI=1S/C4H8FN5/c1-10-4(3(5)2-6)7-8-9-10/h3H,2,6H2,1H3. The van der Waals surface area contributed by atoms with Gasteiger partial charge in [0.15, 0.2) is 12.0 Å². The molecule has 0 saturated heterocycles. The molecule has 0 aliphatic heterocycles. The van der Waals surface area contributed by atoms with E-state index >= 15 is 0 Å². The lowest BCUT2D eigenvalue weighted by Crippen LogP contribution is -2.12. The highest BCUT2D eigenvalue weighted by Gasteiger charge is 2.13. The topological polar surface area (TPSA) is 69.6 Å². The van der Waals surface area contributed by atoms with E-state index in [9.17, 15) is 4.39 Å². The van der Waals surface area contributed by atoms with Gasteiger partial charge in [-0.25, -0.2) is 9.07 Å². The Hall–Kier alpha value is -1.04. The van der Waals surface area contributed by atoms with Crippen molar-refractivity contribution >= 4 is 0 Å². The van der Waals surface area contributed by atoms with E-state index in [0.717, 1.165) is 0 Å². The van der Waals surface area contributed by atoms with Crippen molar-refractivity contribution in [3.8, 4) is 0 Å². The molecule has 1 aromatic rings. The van der Waals surface area contributed by atoms with Crippen molar-refractivity contribution in [1.29, 1.82) is 0 Å². The Morgan fingerprint density at radius 2 is 2.50 bits per heavy atom. The molecule has 1 aromatic heterocycles. The summed E-state index contributed by atoms with van der Waals surface area (Å²) >= 11 is 0. The van der Waals surface area contributed by atoms with E-state index in [1.165, 1.54) is 4.68 Å². The van der Waals surface area contributed by atoms with Crippen LogP contribution in [0, 0.1) is 0 Å². The summed E-state index contributed by atoms with van der Waals surface area (Å²) in [6.07, 6.45) is -1.26. The normalized spacial score (nSPS) is 13.5. The molecular weight excluding hydrogens is 137 g/mol. The van der Waals surface area contributed by atoms with Gasteiger partial charge in [-0.15, -0.1) is 5.10 Å². The summed E-state index contributed by atoms with van der Waals surface area (Å²) in [6, 6.07) is 0. The minimum absolute atomic E-state index is 0.0891. The highest BCUT2D eigenvalue weighted by molar-refractivity contribution is 4.86. The SMILES string of the molecule is Cn1nnnc1C(F)CN. The molecule has 1 atom stereocenters. The van der Waals surface area contributed by atoms with Gasteiger partial charge in [-0.1, -0.05) is 0 Å². The quantitative estimate of drug-likeness (QED) is 0.590. The van der Waals surface area contributed by atoms with Crippen LogP contribution in [0.1, 0.15) is 12.0 Å². The summed E-state index contributed by atoms with van der Waals surface area (Å²) in [4.78, 5) is 0. The fourth-order valence-electron chi connectivity index (χ4n) is 0.607. The summed E-state index contributed by atoms with van der Waals surface area (Å²) in [7, 11) is 1.57. The molecule has 0 aromatic carbocycles. The van der Waals surface area contributed by atoms with Crippen molar-refractivity contribution in [2.75, 3.05) is 6.54 Å². The van der Waals surface area contributed by atoms with E-state index in [0.29, 0.717) is 0 Å². The van der Waals surface area contributed by atoms with Gasteiger partial charge in [0, 0.05) is 13.6 Å². The second kappa shape index (κ2) is 2.70. The number of hydrogen-bond acceptors (Lipinski definition) is 4. The maximum atomic E-state index is 12.7. The Labute approximate surface area is 57.0 Å². The maximum absolute atomic E-state index is 12.7. The highest BCUT2D eigenvalue weighted by Crippen LogP contribution is 2.09. The van der Waals surface area contributed by atoms with Crippen molar-refractivity contribution in [2.24, 2.45) is 12.8 Å². The Balaban J connectivity index is 2.82. The fraction of sp³-hybridized carbons (Fsp3) is 0.750. The monoisotopic (exact) mass is 145 g/mol. The van der Waals surface area contributed by atoms with Gasteiger partial charge in [0.1, 0.15) is 0 Å². The number of halogens is 1. The number of nitrogens with zero attached hydrogens (tertiary/aromatic N) is 4. The molecule has 1 heterocycles. The average Bonchev–Trinajstić information content (AvgIpc) is 2.34. The van der Waals surface area contributed by atoms with E-state index in [2.05, 4.69) is 15.5 Å². The number of aromatic nitrogens is 4. The molecule has 10 heavy (non-hydrogen) atoms. The minimum Gasteiger partial charge on any atom is -0.327 e. The van der Waals surface area contributed by atoms with Crippen LogP contribution in [0.25, 0.3) is 0 Å². The van der Waals surface area contributed by atoms with Crippen LogP contribution in [0.4, 0.5) is 4.39 Å². The smallest absolute Gasteiger partial charge is 0.186 e. The fourth-order valence-corrected chi connectivity index (χ4v) is 0.607. The molecule has 0 amide bonds. The number of nitrogens with two attached hydrogens (primary N) is 1. The molecule has 56 valence electrons. The van der Waals surface area contributed by atoms with Crippen LogP contribution in [0.3, 0.4) is 0 Å². The summed E-state index contributed by atoms with van der Waals surface area (Å²) in [6.45, 7) is -0.0891. The molecule has 0 radical (unpaired) electrons. The second-order valence-electron chi connectivity index (χ2n) is 1.86. The van der Waals surface area contributed by atoms with Crippen LogP contribution in [0.5, 0.6) is 0 Å². The van der Waals surface area contributed by atoms with E-state index in [1.807, 2.05) is 0 Å². The van der Waals surface area contributed by atoms with Crippen LogP contribution >= 0.6 is 0 Å². The van der Waals surface area contributed by atoms with Crippen molar-refractivity contribution in [2.45, 2.75) is 6.17 Å². The molecule has 0 saturated carbocycles. The van der Waals surface area contributed by atoms with Gasteiger partial charge in [-0.3, -0.25) is 0 Å². The zero-order chi connectivity index (χ0) is 7.56. The first-order chi connectivity index (χ1) is 4.75. The van der Waals surface area contributed by atoms with Crippen LogP contribution in [-0.2, 0) is 7.05 Å². The first-order valence-electron chi connectivity index (χ1n) is 2.82. The van der Waals surface area contributed by atoms with Crippen molar-refractivity contribution < 1.29 is 4.39 Å². The Morgan fingerprint density at radius 3 is 2.90 bits per heavy atom. The summed E-state index contributed by atoms with van der Waals surface area (Å²) < 4.78 is 13.9. The number of tetrazole rings is 1. The minimum atomic E-state index is -1.26. The number of hydrogen-bond donors (Lipinski definition) is 1. The van der Waals surface area contributed by atoms with Crippen molar-refractivity contribution in [3.05, 3.63) is 5.82 Å². The van der Waals surface area contributed by atoms with Gasteiger partial charge in [0.05, 0.1) is 0 Å². The predicted molar refractivity (Wildman–Crippen MR) is 31.7 cm³/mol. The van der Waals surface area contributed by atoms with Crippen LogP contribution in [0.2, 0.25) is 0 Å². The van der Waals surface area contributed by atoms with Gasteiger partial charge in [0.25, 0.3) is 0 Å². The third kappa shape index (κ3) is 1.10. The first kappa shape index (κ1) is 7.07. The van der Waals surface area contributed by atoms with Gasteiger partial charge in [-0.2, -0.15) is 0 Å². The second-order valence-corrected chi connectivity index (χ2v) is 1.86. The summed E-state index contributed by atoms with van der Waals surface area (Å²) in [5.41, 5.74) is 5.05. The van der Waals surface area contributed by atoms with Gasteiger partial charge in [0.2, 0.25) is 0 Å². The zero-order valence-electron chi connectivity index (χ0n) is 5.53. The highest BCUT2D eigenvalue weighted by atomic mass is 19.1. The lowest BCUT2D eigenvalue weighted by molar-refractivity contribution is 0.325. The van der Waals surface area contributed by atoms with Crippen molar-refractivity contribution in [3.63, 3.8) is 0 Å². The van der Waals surface area contributed by atoms with E-state index < -0.39 is 6.17 Å². The Bertz CT molecular complexity index is 209. The molecule has 5 nitrogen and oxygen atoms in total. The molecule has 0 aliphatic rings. The third-order valence-electron chi connectivity index (χ3n) is 1.14. The molecule has 0 spiro atoms. The number of alkyl halides is 1. The Morgan fingerprint density at radius 1 is 1.80 bits per heavy atom. The molecule has 6 heteroatoms. The molecule has 0 bridgehead atoms. The van der Waals surface area contributed by atoms with Crippen molar-refractivity contribution in [1.82, 2.24) is 20.2 Å². The molecule has 0 aliphatic carbocycles. The van der Waals surface area contributed by atoms with Gasteiger partial charge >= 0.3 is 0 Å². The third-order valence-corrected chi connectivity index (χ3v) is 1.14. The predicted octanol–water partition coefficient (Wildman–Crippen LogP) is -0.821. The Kier molecular flexibility index (Phi) is 1.91. The van der Waals surface area contributed by atoms with Crippen LogP contribution < -0.4 is 5.73 Å². The lowest BCUT2D eigenvalue weighted by Gasteiger charge is -1.99. The molecule has 2 N–H and O–H groups in total. The number of rotatable bonds is 2. The average molecular weight is 145 g/mol. The van der Waals surface area contributed by atoms with Crippen LogP contribution in [0.15, 0.2) is 0 Å². The van der Waals surface area contributed by atoms with Gasteiger partial charge < -0.3 is 5.73 Å². The van der Waals surface area contributed by atoms with E-state index in [4.69, 9.17) is 5.73 Å². The molecule has 0 fully saturated rings. The number of aryl methyl sites for hydroxylation is 1. The maximum Gasteiger partial charge on any atom is 0.186 e. The molecule has 1 rings (SSSR count). The zero-order valence-corrected chi connectivity index (χ0v) is 5.53. The first-order valence-corrected chi connectivity index (χ1v) is 2.82. The van der Waals surface area contributed by atoms with Gasteiger partial charge in [-0.05, 0) is 10.4 Å². The lowest BCUT2D eigenvalue weighted by atomic mass is 10.4. The van der Waals surface area contributed by atoms with E-state index in [1.54, 1.807) is 7.05 Å². The molecular formula is C4H8FN5. The largest absolute Gasteiger partial charge is 0.327 e. The van der Waals surface area contributed by atoms with Crippen LogP contribution in [-0.4, -0.2) is 26.8 Å².